The third kappa shape index (κ3) is 5.68. The second kappa shape index (κ2) is 11.6. The molecule has 4 heterocycles. The first-order chi connectivity index (χ1) is 20.8. The number of carbonyl (C=O) groups excluding carboxylic acids is 1. The van der Waals surface area contributed by atoms with Crippen molar-refractivity contribution in [3.8, 4) is 34.3 Å². The second-order valence-electron chi connectivity index (χ2n) is 9.98. The first kappa shape index (κ1) is 28.0. The van der Waals surface area contributed by atoms with Crippen LogP contribution < -0.4 is 10.9 Å². The highest BCUT2D eigenvalue weighted by molar-refractivity contribution is 6.31. The minimum absolute atomic E-state index is 0.219. The molecular formula is C31H22Cl2N8O2. The molecule has 0 unspecified atom stereocenters. The highest BCUT2D eigenvalue weighted by Crippen LogP contribution is 2.33. The predicted molar refractivity (Wildman–Crippen MR) is 163 cm³/mol. The summed E-state index contributed by atoms with van der Waals surface area (Å²) in [6.07, 6.45) is 6.27. The Morgan fingerprint density at radius 3 is 2.60 bits per heavy atom. The van der Waals surface area contributed by atoms with Crippen LogP contribution >= 0.6 is 23.2 Å². The molecule has 0 radical (unpaired) electrons. The Kier molecular flexibility index (Phi) is 7.59. The molecule has 43 heavy (non-hydrogen) atoms. The Labute approximate surface area is 255 Å². The molecule has 6 rings (SSSR count). The average Bonchev–Trinajstić information content (AvgIpc) is 3.44. The molecule has 0 aliphatic carbocycles. The van der Waals surface area contributed by atoms with Gasteiger partial charge in [-0.05, 0) is 73.4 Å². The number of nitrogens with zero attached hydrogens (tertiary/aromatic N) is 7. The van der Waals surface area contributed by atoms with Crippen LogP contribution in [0.1, 0.15) is 36.4 Å². The van der Waals surface area contributed by atoms with Gasteiger partial charge in [-0.3, -0.25) is 19.1 Å². The number of carbonyl (C=O) groups is 1. The van der Waals surface area contributed by atoms with E-state index in [0.29, 0.717) is 69.3 Å². The summed E-state index contributed by atoms with van der Waals surface area (Å²) < 4.78 is 3.07. The summed E-state index contributed by atoms with van der Waals surface area (Å²) in [5.41, 5.74) is 4.64. The molecule has 1 N–H and O–H groups in total. The van der Waals surface area contributed by atoms with E-state index < -0.39 is 6.04 Å². The normalized spacial score (nSPS) is 15.0. The molecule has 0 fully saturated rings. The fourth-order valence-electron chi connectivity index (χ4n) is 5.11. The SMILES string of the molecule is C=C1CCC[C@H](n2cnc(-c3cc(Cl)ccc3-n3cc(Cl)nn3)cc2=O)c2ccnc(c2)-c2ccc(C#N)cc2NC1=O. The van der Waals surface area contributed by atoms with Crippen molar-refractivity contribution in [1.29, 1.82) is 5.26 Å². The minimum Gasteiger partial charge on any atom is -0.322 e. The van der Waals surface area contributed by atoms with Crippen LogP contribution in [0.25, 0.3) is 28.2 Å². The molecule has 5 aromatic rings. The van der Waals surface area contributed by atoms with E-state index in [2.05, 4.69) is 38.2 Å². The van der Waals surface area contributed by atoms with Crippen molar-refractivity contribution in [1.82, 2.24) is 29.5 Å². The lowest BCUT2D eigenvalue weighted by atomic mass is 9.96. The summed E-state index contributed by atoms with van der Waals surface area (Å²) in [6.45, 7) is 3.97. The zero-order valence-corrected chi connectivity index (χ0v) is 24.0. The van der Waals surface area contributed by atoms with Crippen LogP contribution in [-0.2, 0) is 4.79 Å². The fourth-order valence-corrected chi connectivity index (χ4v) is 5.41. The zero-order chi connectivity index (χ0) is 30.1. The molecule has 1 amide bonds. The number of nitriles is 1. The summed E-state index contributed by atoms with van der Waals surface area (Å²) in [5, 5.41) is 20.9. The molecule has 212 valence electrons. The lowest BCUT2D eigenvalue weighted by Crippen LogP contribution is -2.26. The van der Waals surface area contributed by atoms with Crippen LogP contribution in [0.5, 0.6) is 0 Å². The average molecular weight is 609 g/mol. The topological polar surface area (TPSA) is 131 Å². The van der Waals surface area contributed by atoms with Crippen molar-refractivity contribution in [3.05, 3.63) is 117 Å². The maximum atomic E-state index is 13.7. The number of nitrogens with one attached hydrogen (secondary N) is 1. The maximum Gasteiger partial charge on any atom is 0.254 e. The summed E-state index contributed by atoms with van der Waals surface area (Å²) in [7, 11) is 0. The Morgan fingerprint density at radius 1 is 1.00 bits per heavy atom. The largest absolute Gasteiger partial charge is 0.322 e. The van der Waals surface area contributed by atoms with Crippen LogP contribution in [0.15, 0.2) is 90.3 Å². The number of aromatic nitrogens is 6. The molecule has 1 aliphatic heterocycles. The van der Waals surface area contributed by atoms with E-state index in [1.807, 2.05) is 12.1 Å². The molecule has 2 bridgehead atoms. The quantitative estimate of drug-likeness (QED) is 0.248. The first-order valence-corrected chi connectivity index (χ1v) is 14.0. The van der Waals surface area contributed by atoms with Crippen LogP contribution in [0.3, 0.4) is 0 Å². The third-order valence-corrected chi connectivity index (χ3v) is 7.65. The second-order valence-corrected chi connectivity index (χ2v) is 10.8. The number of hydrogen-bond donors (Lipinski definition) is 1. The van der Waals surface area contributed by atoms with Crippen molar-refractivity contribution in [2.24, 2.45) is 0 Å². The number of pyridine rings is 1. The van der Waals surface area contributed by atoms with Gasteiger partial charge in [0.15, 0.2) is 5.15 Å². The van der Waals surface area contributed by atoms with E-state index >= 15 is 0 Å². The molecule has 12 heteroatoms. The van der Waals surface area contributed by atoms with Gasteiger partial charge in [0.1, 0.15) is 0 Å². The Hall–Kier alpha value is -5.11. The smallest absolute Gasteiger partial charge is 0.254 e. The molecule has 2 aromatic carbocycles. The highest BCUT2D eigenvalue weighted by Gasteiger charge is 2.22. The summed E-state index contributed by atoms with van der Waals surface area (Å²) in [5.74, 6) is -0.334. The van der Waals surface area contributed by atoms with Gasteiger partial charge in [-0.15, -0.1) is 5.10 Å². The monoisotopic (exact) mass is 608 g/mol. The number of anilines is 1. The lowest BCUT2D eigenvalue weighted by molar-refractivity contribution is -0.113. The van der Waals surface area contributed by atoms with Gasteiger partial charge in [0, 0.05) is 34.0 Å². The fraction of sp³-hybridized carbons (Fsp3) is 0.129. The summed E-state index contributed by atoms with van der Waals surface area (Å²) in [4.78, 5) is 35.8. The lowest BCUT2D eigenvalue weighted by Gasteiger charge is -2.22. The van der Waals surface area contributed by atoms with Crippen molar-refractivity contribution >= 4 is 34.8 Å². The van der Waals surface area contributed by atoms with Gasteiger partial charge >= 0.3 is 0 Å². The predicted octanol–water partition coefficient (Wildman–Crippen LogP) is 6.00. The number of rotatable bonds is 3. The molecule has 0 spiro atoms. The van der Waals surface area contributed by atoms with Gasteiger partial charge in [0.25, 0.3) is 11.5 Å². The summed E-state index contributed by atoms with van der Waals surface area (Å²) in [6, 6.07) is 17.1. The first-order valence-electron chi connectivity index (χ1n) is 13.3. The van der Waals surface area contributed by atoms with Crippen LogP contribution in [0, 0.1) is 11.3 Å². The van der Waals surface area contributed by atoms with E-state index in [0.717, 1.165) is 5.56 Å². The third-order valence-electron chi connectivity index (χ3n) is 7.24. The van der Waals surface area contributed by atoms with Gasteiger partial charge < -0.3 is 5.32 Å². The molecule has 0 saturated heterocycles. The minimum atomic E-state index is -0.402. The van der Waals surface area contributed by atoms with Crippen LogP contribution in [0.2, 0.25) is 10.2 Å². The number of amides is 1. The van der Waals surface area contributed by atoms with Gasteiger partial charge in [0.05, 0.1) is 53.0 Å². The van der Waals surface area contributed by atoms with Crippen molar-refractivity contribution < 1.29 is 4.79 Å². The number of halogens is 2. The van der Waals surface area contributed by atoms with E-state index in [9.17, 15) is 14.9 Å². The Bertz CT molecular complexity index is 2010. The molecule has 0 saturated carbocycles. The van der Waals surface area contributed by atoms with Crippen molar-refractivity contribution in [2.45, 2.75) is 25.3 Å². The molecule has 1 atom stereocenters. The Balaban J connectivity index is 1.44. The molecule has 3 aromatic heterocycles. The zero-order valence-electron chi connectivity index (χ0n) is 22.5. The Morgan fingerprint density at radius 2 is 1.84 bits per heavy atom. The van der Waals surface area contributed by atoms with E-state index in [-0.39, 0.29) is 16.6 Å². The highest BCUT2D eigenvalue weighted by atomic mass is 35.5. The van der Waals surface area contributed by atoms with E-state index in [1.54, 1.807) is 53.4 Å². The molecular weight excluding hydrogens is 587 g/mol. The van der Waals surface area contributed by atoms with Crippen molar-refractivity contribution in [2.75, 3.05) is 5.32 Å². The van der Waals surface area contributed by atoms with Gasteiger partial charge in [-0.1, -0.05) is 35.0 Å². The van der Waals surface area contributed by atoms with Gasteiger partial charge in [-0.2, -0.15) is 5.26 Å². The number of benzene rings is 2. The van der Waals surface area contributed by atoms with Crippen molar-refractivity contribution in [3.63, 3.8) is 0 Å². The standard InChI is InChI=1S/C31H22Cl2N8O2/c1-18-3-2-4-27(20-9-10-35-24(12-20)22-7-5-19(15-34)11-26(22)37-31(18)43)40-17-36-25(14-30(40)42)23-13-21(32)6-8-28(23)41-16-29(33)38-39-41/h5-14,16-17,27H,1-4H2,(H,37,43)/t27-/m0/s1. The van der Waals surface area contributed by atoms with Gasteiger partial charge in [-0.25, -0.2) is 9.67 Å². The molecule has 1 aliphatic rings. The van der Waals surface area contributed by atoms with Crippen LogP contribution in [0.4, 0.5) is 5.69 Å². The van der Waals surface area contributed by atoms with E-state index in [1.165, 1.54) is 17.1 Å². The van der Waals surface area contributed by atoms with Crippen LogP contribution in [-0.4, -0.2) is 35.4 Å². The maximum absolute atomic E-state index is 13.7. The molecule has 10 nitrogen and oxygen atoms in total. The van der Waals surface area contributed by atoms with Gasteiger partial charge in [0.2, 0.25) is 0 Å². The summed E-state index contributed by atoms with van der Waals surface area (Å²) >= 11 is 12.3. The van der Waals surface area contributed by atoms with E-state index in [4.69, 9.17) is 23.2 Å². The number of fused-ring (bicyclic) bond motifs is 4. The number of hydrogen-bond acceptors (Lipinski definition) is 7.